The molecule has 1 aliphatic heterocycles. The van der Waals surface area contributed by atoms with Gasteiger partial charge in [-0.1, -0.05) is 58.4 Å². The third-order valence-electron chi connectivity index (χ3n) is 5.99. The van der Waals surface area contributed by atoms with E-state index < -0.39 is 40.7 Å². The molecular weight excluding hydrogens is 587 g/mol. The predicted octanol–water partition coefficient (Wildman–Crippen LogP) is 8.40. The number of carbonyl (C=O) groups excluding carboxylic acids is 1. The van der Waals surface area contributed by atoms with E-state index >= 15 is 0 Å². The normalized spacial score (nSPS) is 14.6. The third-order valence-corrected chi connectivity index (χ3v) is 7.66. The number of halogens is 6. The van der Waals surface area contributed by atoms with E-state index in [2.05, 4.69) is 21.0 Å². The molecule has 0 radical (unpaired) electrons. The monoisotopic (exact) mass is 602 g/mol. The Labute approximate surface area is 226 Å². The summed E-state index contributed by atoms with van der Waals surface area (Å²) < 4.78 is 70.7. The topological polar surface area (TPSA) is 32.7 Å². The molecule has 0 spiro atoms. The van der Waals surface area contributed by atoms with Crippen molar-refractivity contribution >= 4 is 61.8 Å². The molecule has 0 saturated heterocycles. The highest BCUT2D eigenvalue weighted by Crippen LogP contribution is 2.36. The minimum atomic E-state index is -2.31. The lowest BCUT2D eigenvalue weighted by molar-refractivity contribution is -0.114. The van der Waals surface area contributed by atoms with Gasteiger partial charge in [-0.05, 0) is 53.1 Å². The van der Waals surface area contributed by atoms with Crippen LogP contribution in [0.5, 0.6) is 0 Å². The number of fused-ring (bicyclic) bond motifs is 1. The van der Waals surface area contributed by atoms with Gasteiger partial charge in [-0.3, -0.25) is 4.79 Å². The first-order valence-electron chi connectivity index (χ1n) is 11.2. The number of carbonyl (C=O) groups is 1. The van der Waals surface area contributed by atoms with Crippen LogP contribution in [0.1, 0.15) is 18.1 Å². The molecule has 1 amide bonds. The smallest absolute Gasteiger partial charge is 0.267 e. The first-order chi connectivity index (χ1) is 18.2. The maximum atomic E-state index is 14.4. The van der Waals surface area contributed by atoms with Crippen LogP contribution in [0.4, 0.5) is 27.6 Å². The molecule has 4 aromatic rings. The summed E-state index contributed by atoms with van der Waals surface area (Å²) in [6.45, 7) is 1.42. The molecule has 1 heterocycles. The van der Waals surface area contributed by atoms with Crippen molar-refractivity contribution < 1.29 is 26.7 Å². The molecule has 10 heteroatoms. The minimum absolute atomic E-state index is 0.0330. The number of benzene rings is 4. The highest BCUT2D eigenvalue weighted by atomic mass is 79.9. The van der Waals surface area contributed by atoms with Crippen LogP contribution in [0.2, 0.25) is 0 Å². The Morgan fingerprint density at radius 2 is 1.45 bits per heavy atom. The molecule has 0 N–H and O–H groups in total. The number of anilines is 1. The van der Waals surface area contributed by atoms with Crippen LogP contribution in [0.15, 0.2) is 80.7 Å². The molecule has 4 aromatic carbocycles. The molecule has 0 unspecified atom stereocenters. The third kappa shape index (κ3) is 4.63. The standard InChI is InChI=1S/C28H16BrF5N2OS/c1-14-20(28(37)36(35-14)27-25(33)23(31)22(30)24(32)26(27)34)12-16-8-11-21(19-5-3-2-4-18(16)19)38-13-15-6-9-17(29)10-7-15/h2-12H,13H2,1H3/b20-12+. The highest BCUT2D eigenvalue weighted by molar-refractivity contribution is 9.10. The summed E-state index contributed by atoms with van der Waals surface area (Å²) >= 11 is 5.07. The van der Waals surface area contributed by atoms with Crippen LogP contribution in [0.25, 0.3) is 16.8 Å². The molecule has 38 heavy (non-hydrogen) atoms. The largest absolute Gasteiger partial charge is 0.280 e. The van der Waals surface area contributed by atoms with Crippen LogP contribution in [-0.4, -0.2) is 11.6 Å². The van der Waals surface area contributed by atoms with E-state index in [0.717, 1.165) is 31.5 Å². The average molecular weight is 603 g/mol. The highest BCUT2D eigenvalue weighted by Gasteiger charge is 2.37. The predicted molar refractivity (Wildman–Crippen MR) is 142 cm³/mol. The van der Waals surface area contributed by atoms with Gasteiger partial charge in [0.05, 0.1) is 11.3 Å². The lowest BCUT2D eigenvalue weighted by Crippen LogP contribution is -2.25. The van der Waals surface area contributed by atoms with Crippen molar-refractivity contribution in [3.8, 4) is 0 Å². The van der Waals surface area contributed by atoms with Gasteiger partial charge in [0, 0.05) is 15.1 Å². The summed E-state index contributed by atoms with van der Waals surface area (Å²) in [4.78, 5) is 14.1. The van der Waals surface area contributed by atoms with Crippen molar-refractivity contribution in [1.82, 2.24) is 0 Å². The molecule has 3 nitrogen and oxygen atoms in total. The Balaban J connectivity index is 1.50. The van der Waals surface area contributed by atoms with Gasteiger partial charge < -0.3 is 0 Å². The van der Waals surface area contributed by atoms with E-state index in [9.17, 15) is 26.7 Å². The molecule has 0 fully saturated rings. The summed E-state index contributed by atoms with van der Waals surface area (Å²) in [5.41, 5.74) is 0.389. The fourth-order valence-electron chi connectivity index (χ4n) is 4.06. The van der Waals surface area contributed by atoms with Crippen LogP contribution in [0, 0.1) is 29.1 Å². The van der Waals surface area contributed by atoms with Gasteiger partial charge in [-0.15, -0.1) is 11.8 Å². The van der Waals surface area contributed by atoms with E-state index in [0.29, 0.717) is 5.56 Å². The van der Waals surface area contributed by atoms with Crippen LogP contribution >= 0.6 is 27.7 Å². The van der Waals surface area contributed by atoms with Crippen molar-refractivity contribution in [2.45, 2.75) is 17.6 Å². The fourth-order valence-corrected chi connectivity index (χ4v) is 5.34. The molecule has 0 saturated carbocycles. The number of hydrogen-bond donors (Lipinski definition) is 0. The summed E-state index contributed by atoms with van der Waals surface area (Å²) in [5.74, 6) is -11.2. The first kappa shape index (κ1) is 26.1. The number of hydrazone groups is 1. The Morgan fingerprint density at radius 3 is 2.11 bits per heavy atom. The van der Waals surface area contributed by atoms with Crippen molar-refractivity contribution in [3.05, 3.63) is 111 Å². The summed E-state index contributed by atoms with van der Waals surface area (Å²) in [7, 11) is 0. The van der Waals surface area contributed by atoms with E-state index in [1.165, 1.54) is 13.0 Å². The summed E-state index contributed by atoms with van der Waals surface area (Å²) in [6.07, 6.45) is 1.50. The van der Waals surface area contributed by atoms with Crippen LogP contribution in [0.3, 0.4) is 0 Å². The number of rotatable bonds is 5. The molecule has 0 aliphatic carbocycles. The van der Waals surface area contributed by atoms with Gasteiger partial charge in [0.15, 0.2) is 23.3 Å². The Morgan fingerprint density at radius 1 is 0.842 bits per heavy atom. The number of amides is 1. The lowest BCUT2D eigenvalue weighted by atomic mass is 10.0. The van der Waals surface area contributed by atoms with Crippen LogP contribution in [-0.2, 0) is 10.5 Å². The second-order valence-corrected chi connectivity index (χ2v) is 10.3. The molecule has 0 bridgehead atoms. The number of nitrogens with zero attached hydrogens (tertiary/aromatic N) is 2. The second-order valence-electron chi connectivity index (χ2n) is 8.39. The summed E-state index contributed by atoms with van der Waals surface area (Å²) in [5, 5.41) is 5.76. The number of thioether (sulfide) groups is 1. The Hall–Kier alpha value is -3.50. The molecule has 0 atom stereocenters. The van der Waals surface area contributed by atoms with Gasteiger partial charge in [0.2, 0.25) is 5.82 Å². The fraction of sp³-hybridized carbons (Fsp3) is 0.0714. The molecule has 192 valence electrons. The SMILES string of the molecule is CC1=NN(c2c(F)c(F)c(F)c(F)c2F)C(=O)/C1=C/c1ccc(SCc2ccc(Br)cc2)c2ccccc12. The second kappa shape index (κ2) is 10.3. The zero-order chi connectivity index (χ0) is 27.1. The molecule has 1 aliphatic rings. The minimum Gasteiger partial charge on any atom is -0.267 e. The Kier molecular flexibility index (Phi) is 7.11. The zero-order valence-electron chi connectivity index (χ0n) is 19.5. The quantitative estimate of drug-likeness (QED) is 0.0755. The van der Waals surface area contributed by atoms with Gasteiger partial charge in [-0.25, -0.2) is 22.0 Å². The van der Waals surface area contributed by atoms with Gasteiger partial charge in [0.25, 0.3) is 5.91 Å². The molecule has 0 aromatic heterocycles. The van der Waals surface area contributed by atoms with E-state index in [4.69, 9.17) is 0 Å². The van der Waals surface area contributed by atoms with Gasteiger partial charge in [0.1, 0.15) is 5.69 Å². The van der Waals surface area contributed by atoms with Crippen molar-refractivity contribution in [2.75, 3.05) is 5.01 Å². The van der Waals surface area contributed by atoms with Crippen molar-refractivity contribution in [2.24, 2.45) is 5.10 Å². The molecular formula is C28H16BrF5N2OS. The lowest BCUT2D eigenvalue weighted by Gasteiger charge is -2.15. The van der Waals surface area contributed by atoms with Crippen LogP contribution < -0.4 is 5.01 Å². The van der Waals surface area contributed by atoms with Crippen molar-refractivity contribution in [3.63, 3.8) is 0 Å². The first-order valence-corrected chi connectivity index (χ1v) is 13.0. The Bertz CT molecular complexity index is 1640. The number of hydrogen-bond acceptors (Lipinski definition) is 3. The average Bonchev–Trinajstić information content (AvgIpc) is 3.19. The van der Waals surface area contributed by atoms with E-state index in [1.807, 2.05) is 54.6 Å². The van der Waals surface area contributed by atoms with E-state index in [1.54, 1.807) is 17.8 Å². The maximum absolute atomic E-state index is 14.4. The zero-order valence-corrected chi connectivity index (χ0v) is 21.9. The molecule has 5 rings (SSSR count). The van der Waals surface area contributed by atoms with Gasteiger partial charge >= 0.3 is 0 Å². The summed E-state index contributed by atoms with van der Waals surface area (Å²) in [6, 6.07) is 19.3. The van der Waals surface area contributed by atoms with Gasteiger partial charge in [-0.2, -0.15) is 10.1 Å². The van der Waals surface area contributed by atoms with Crippen molar-refractivity contribution in [1.29, 1.82) is 0 Å². The maximum Gasteiger partial charge on any atom is 0.280 e. The van der Waals surface area contributed by atoms with E-state index in [-0.39, 0.29) is 16.3 Å².